The van der Waals surface area contributed by atoms with Gasteiger partial charge >= 0.3 is 0 Å². The zero-order chi connectivity index (χ0) is 15.0. The lowest BCUT2D eigenvalue weighted by atomic mass is 9.88. The summed E-state index contributed by atoms with van der Waals surface area (Å²) in [6, 6.07) is 21.4. The van der Waals surface area contributed by atoms with Gasteiger partial charge in [0.2, 0.25) is 0 Å². The molecule has 0 aromatic heterocycles. The van der Waals surface area contributed by atoms with Gasteiger partial charge in [-0.05, 0) is 24.1 Å². The van der Waals surface area contributed by atoms with Gasteiger partial charge in [0, 0.05) is 5.92 Å². The van der Waals surface area contributed by atoms with Crippen molar-refractivity contribution in [2.24, 2.45) is 0 Å². The molecule has 1 heterocycles. The highest BCUT2D eigenvalue weighted by Gasteiger charge is 2.16. The predicted octanol–water partition coefficient (Wildman–Crippen LogP) is 3.17. The Balaban J connectivity index is 1.64. The van der Waals surface area contributed by atoms with Crippen LogP contribution in [-0.2, 0) is 9.47 Å². The van der Waals surface area contributed by atoms with Crippen molar-refractivity contribution in [2.45, 2.75) is 18.6 Å². The minimum atomic E-state index is 0.0287. The molecule has 1 fully saturated rings. The van der Waals surface area contributed by atoms with E-state index < -0.39 is 0 Å². The summed E-state index contributed by atoms with van der Waals surface area (Å²) >= 11 is 0. The molecule has 0 spiro atoms. The third kappa shape index (κ3) is 4.17. The van der Waals surface area contributed by atoms with E-state index in [0.29, 0.717) is 25.7 Å². The number of nitrogens with one attached hydrogen (secondary N) is 1. The molecule has 0 amide bonds. The van der Waals surface area contributed by atoms with Gasteiger partial charge in [0.1, 0.15) is 6.23 Å². The Morgan fingerprint density at radius 3 is 2.09 bits per heavy atom. The zero-order valence-electron chi connectivity index (χ0n) is 12.8. The van der Waals surface area contributed by atoms with Crippen molar-refractivity contribution >= 4 is 0 Å². The lowest BCUT2D eigenvalue weighted by Gasteiger charge is -2.25. The third-order valence-electron chi connectivity index (χ3n) is 4.02. The first-order chi connectivity index (χ1) is 10.9. The maximum Gasteiger partial charge on any atom is 0.131 e. The largest absolute Gasteiger partial charge is 0.375 e. The highest BCUT2D eigenvalue weighted by molar-refractivity contribution is 5.32. The average Bonchev–Trinajstić information content (AvgIpc) is 2.61. The summed E-state index contributed by atoms with van der Waals surface area (Å²) in [5, 5.41) is 3.44. The van der Waals surface area contributed by atoms with Crippen LogP contribution in [-0.4, -0.2) is 32.6 Å². The summed E-state index contributed by atoms with van der Waals surface area (Å²) < 4.78 is 11.1. The van der Waals surface area contributed by atoms with E-state index in [1.54, 1.807) is 0 Å². The van der Waals surface area contributed by atoms with Crippen LogP contribution in [0.25, 0.3) is 0 Å². The van der Waals surface area contributed by atoms with E-state index in [1.807, 2.05) is 0 Å². The quantitative estimate of drug-likeness (QED) is 0.888. The van der Waals surface area contributed by atoms with Crippen LogP contribution in [0.1, 0.15) is 23.5 Å². The summed E-state index contributed by atoms with van der Waals surface area (Å²) in [7, 11) is 0. The van der Waals surface area contributed by atoms with Crippen molar-refractivity contribution in [1.82, 2.24) is 5.32 Å². The van der Waals surface area contributed by atoms with E-state index in [-0.39, 0.29) is 6.23 Å². The molecule has 2 aromatic rings. The van der Waals surface area contributed by atoms with E-state index in [9.17, 15) is 0 Å². The first kappa shape index (κ1) is 15.2. The second kappa shape index (κ2) is 8.08. The summed E-state index contributed by atoms with van der Waals surface area (Å²) in [5.41, 5.74) is 2.72. The maximum atomic E-state index is 5.64. The van der Waals surface area contributed by atoms with Crippen molar-refractivity contribution < 1.29 is 9.47 Å². The molecule has 1 atom stereocenters. The Labute approximate surface area is 132 Å². The summed E-state index contributed by atoms with van der Waals surface area (Å²) in [5.74, 6) is 0.402. The molecule has 3 nitrogen and oxygen atoms in total. The zero-order valence-corrected chi connectivity index (χ0v) is 12.8. The number of hydrogen-bond donors (Lipinski definition) is 1. The molecule has 1 aliphatic rings. The van der Waals surface area contributed by atoms with Crippen LogP contribution in [0.3, 0.4) is 0 Å². The first-order valence-electron chi connectivity index (χ1n) is 7.96. The predicted molar refractivity (Wildman–Crippen MR) is 87.9 cm³/mol. The molecule has 0 bridgehead atoms. The molecule has 1 saturated heterocycles. The minimum absolute atomic E-state index is 0.0287. The van der Waals surface area contributed by atoms with Crippen LogP contribution in [0.15, 0.2) is 60.7 Å². The lowest BCUT2D eigenvalue weighted by molar-refractivity contribution is -0.101. The molecule has 0 saturated carbocycles. The number of ether oxygens (including phenoxy) is 2. The van der Waals surface area contributed by atoms with Gasteiger partial charge in [0.15, 0.2) is 0 Å². The molecule has 0 radical (unpaired) electrons. The van der Waals surface area contributed by atoms with E-state index in [2.05, 4.69) is 66.0 Å². The van der Waals surface area contributed by atoms with Gasteiger partial charge in [-0.2, -0.15) is 0 Å². The molecule has 2 aromatic carbocycles. The lowest BCUT2D eigenvalue weighted by Crippen LogP contribution is -2.41. The first-order valence-corrected chi connectivity index (χ1v) is 7.96. The van der Waals surface area contributed by atoms with E-state index >= 15 is 0 Å². The van der Waals surface area contributed by atoms with Crippen LogP contribution in [0, 0.1) is 0 Å². The molecule has 116 valence electrons. The van der Waals surface area contributed by atoms with Gasteiger partial charge in [0.05, 0.1) is 19.8 Å². The second-order valence-corrected chi connectivity index (χ2v) is 5.55. The monoisotopic (exact) mass is 297 g/mol. The maximum absolute atomic E-state index is 5.64. The Morgan fingerprint density at radius 1 is 0.909 bits per heavy atom. The molecule has 3 rings (SSSR count). The van der Waals surface area contributed by atoms with Crippen molar-refractivity contribution in [2.75, 3.05) is 26.4 Å². The van der Waals surface area contributed by atoms with Gasteiger partial charge < -0.3 is 9.47 Å². The third-order valence-corrected chi connectivity index (χ3v) is 4.02. The number of rotatable bonds is 6. The van der Waals surface area contributed by atoms with Gasteiger partial charge in [-0.1, -0.05) is 60.7 Å². The van der Waals surface area contributed by atoms with Crippen LogP contribution in [0.5, 0.6) is 0 Å². The molecule has 0 aliphatic carbocycles. The normalized spacial score (nSPS) is 18.5. The Bertz CT molecular complexity index is 498. The molecule has 3 heteroatoms. The van der Waals surface area contributed by atoms with Gasteiger partial charge in [-0.25, -0.2) is 0 Å². The molecular formula is C19H23NO2. The van der Waals surface area contributed by atoms with E-state index in [0.717, 1.165) is 13.0 Å². The average molecular weight is 297 g/mol. The summed E-state index contributed by atoms with van der Waals surface area (Å²) in [6.07, 6.45) is 1.06. The fraction of sp³-hybridized carbons (Fsp3) is 0.368. The SMILES string of the molecule is c1ccc(C(CCNC2COCCO2)c2ccccc2)cc1. The number of hydrogen-bond acceptors (Lipinski definition) is 3. The Morgan fingerprint density at radius 2 is 1.55 bits per heavy atom. The minimum Gasteiger partial charge on any atom is -0.375 e. The molecule has 1 unspecified atom stereocenters. The number of benzene rings is 2. The fourth-order valence-electron chi connectivity index (χ4n) is 2.89. The molecular weight excluding hydrogens is 274 g/mol. The summed E-state index contributed by atoms with van der Waals surface area (Å²) in [4.78, 5) is 0. The standard InChI is InChI=1S/C19H23NO2/c1-3-7-16(8-4-1)18(17-9-5-2-6-10-17)11-12-20-19-15-21-13-14-22-19/h1-10,18-20H,11-15H2. The molecule has 1 aliphatic heterocycles. The highest BCUT2D eigenvalue weighted by atomic mass is 16.6. The summed E-state index contributed by atoms with van der Waals surface area (Å²) in [6.45, 7) is 2.93. The highest BCUT2D eigenvalue weighted by Crippen LogP contribution is 2.27. The van der Waals surface area contributed by atoms with Crippen LogP contribution < -0.4 is 5.32 Å². The molecule has 1 N–H and O–H groups in total. The van der Waals surface area contributed by atoms with Gasteiger partial charge in [-0.15, -0.1) is 0 Å². The Hall–Kier alpha value is -1.68. The topological polar surface area (TPSA) is 30.5 Å². The van der Waals surface area contributed by atoms with E-state index in [1.165, 1.54) is 11.1 Å². The van der Waals surface area contributed by atoms with Crippen molar-refractivity contribution in [3.63, 3.8) is 0 Å². The molecule has 22 heavy (non-hydrogen) atoms. The second-order valence-electron chi connectivity index (χ2n) is 5.55. The smallest absolute Gasteiger partial charge is 0.131 e. The van der Waals surface area contributed by atoms with Crippen molar-refractivity contribution in [3.8, 4) is 0 Å². The van der Waals surface area contributed by atoms with Crippen LogP contribution >= 0.6 is 0 Å². The van der Waals surface area contributed by atoms with Gasteiger partial charge in [0.25, 0.3) is 0 Å². The Kier molecular flexibility index (Phi) is 5.59. The van der Waals surface area contributed by atoms with Crippen LogP contribution in [0.4, 0.5) is 0 Å². The van der Waals surface area contributed by atoms with Crippen LogP contribution in [0.2, 0.25) is 0 Å². The van der Waals surface area contributed by atoms with E-state index in [4.69, 9.17) is 9.47 Å². The van der Waals surface area contributed by atoms with Crippen molar-refractivity contribution in [3.05, 3.63) is 71.8 Å². The van der Waals surface area contributed by atoms with Gasteiger partial charge in [-0.3, -0.25) is 5.32 Å². The fourth-order valence-corrected chi connectivity index (χ4v) is 2.89. The van der Waals surface area contributed by atoms with Crippen molar-refractivity contribution in [1.29, 1.82) is 0 Å².